The number of nitrogens with one attached hydrogen (secondary N) is 1. The van der Waals surface area contributed by atoms with Gasteiger partial charge in [0.05, 0.1) is 22.3 Å². The van der Waals surface area contributed by atoms with Crippen LogP contribution in [-0.2, 0) is 0 Å². The van der Waals surface area contributed by atoms with Crippen molar-refractivity contribution in [2.45, 2.75) is 39.2 Å². The summed E-state index contributed by atoms with van der Waals surface area (Å²) in [6.45, 7) is 4.46. The van der Waals surface area contributed by atoms with Crippen LogP contribution in [0.4, 0.5) is 0 Å². The zero-order valence-corrected chi connectivity index (χ0v) is 15.7. The van der Waals surface area contributed by atoms with E-state index in [4.69, 9.17) is 10.3 Å². The second-order valence-corrected chi connectivity index (χ2v) is 7.38. The molecule has 0 saturated heterocycles. The van der Waals surface area contributed by atoms with Crippen LogP contribution in [0.15, 0.2) is 34.9 Å². The van der Waals surface area contributed by atoms with E-state index in [1.54, 1.807) is 0 Å². The molecule has 0 radical (unpaired) electrons. The minimum Gasteiger partial charge on any atom is -0.349 e. The van der Waals surface area contributed by atoms with E-state index in [0.29, 0.717) is 40.5 Å². The number of nitrogens with zero attached hydrogens (tertiary/aromatic N) is 2. The minimum atomic E-state index is -0.118. The van der Waals surface area contributed by atoms with Crippen molar-refractivity contribution < 1.29 is 9.32 Å². The topological polar surface area (TPSA) is 94.0 Å². The van der Waals surface area contributed by atoms with Crippen LogP contribution < -0.4 is 11.1 Å². The Bertz CT molecular complexity index is 978. The second kappa shape index (κ2) is 7.12. The highest BCUT2D eigenvalue weighted by Gasteiger charge is 2.29. The van der Waals surface area contributed by atoms with Gasteiger partial charge in [-0.1, -0.05) is 41.4 Å². The summed E-state index contributed by atoms with van der Waals surface area (Å²) in [6, 6.07) is 9.99. The number of aryl methyl sites for hydroxylation is 2. The van der Waals surface area contributed by atoms with Crippen LogP contribution in [0.2, 0.25) is 0 Å². The van der Waals surface area contributed by atoms with Crippen LogP contribution in [0, 0.1) is 19.8 Å². The molecule has 0 spiro atoms. The van der Waals surface area contributed by atoms with Gasteiger partial charge in [0.25, 0.3) is 11.6 Å². The third-order valence-corrected chi connectivity index (χ3v) is 5.49. The molecule has 6 nitrogen and oxygen atoms in total. The normalized spacial score (nSPS) is 19.5. The molecule has 2 aromatic heterocycles. The molecular formula is C21H24N4O2. The van der Waals surface area contributed by atoms with Crippen LogP contribution in [-0.4, -0.2) is 28.6 Å². The van der Waals surface area contributed by atoms with E-state index in [2.05, 4.69) is 15.5 Å². The highest BCUT2D eigenvalue weighted by molar-refractivity contribution is 6.07. The molecule has 27 heavy (non-hydrogen) atoms. The average molecular weight is 364 g/mol. The van der Waals surface area contributed by atoms with Gasteiger partial charge in [0.15, 0.2) is 0 Å². The summed E-state index contributed by atoms with van der Waals surface area (Å²) in [5.41, 5.74) is 10.3. The van der Waals surface area contributed by atoms with Crippen molar-refractivity contribution in [2.24, 2.45) is 11.7 Å². The molecular weight excluding hydrogens is 340 g/mol. The van der Waals surface area contributed by atoms with E-state index < -0.39 is 0 Å². The number of rotatable bonds is 4. The van der Waals surface area contributed by atoms with Gasteiger partial charge in [-0.3, -0.25) is 4.79 Å². The largest absolute Gasteiger partial charge is 0.349 e. The molecule has 6 heteroatoms. The lowest BCUT2D eigenvalue weighted by Crippen LogP contribution is -2.40. The molecule has 0 bridgehead atoms. The Morgan fingerprint density at radius 1 is 1.26 bits per heavy atom. The highest BCUT2D eigenvalue weighted by Crippen LogP contribution is 2.29. The number of carbonyl (C=O) groups excluding carboxylic acids is 1. The summed E-state index contributed by atoms with van der Waals surface area (Å²) < 4.78 is 5.38. The summed E-state index contributed by atoms with van der Waals surface area (Å²) in [4.78, 5) is 17.7. The number of hydrogen-bond donors (Lipinski definition) is 2. The summed E-state index contributed by atoms with van der Waals surface area (Å²) >= 11 is 0. The summed E-state index contributed by atoms with van der Waals surface area (Å²) in [7, 11) is 0. The van der Waals surface area contributed by atoms with E-state index in [1.807, 2.05) is 44.2 Å². The van der Waals surface area contributed by atoms with Crippen molar-refractivity contribution in [3.63, 3.8) is 0 Å². The lowest BCUT2D eigenvalue weighted by Gasteiger charge is -2.19. The van der Waals surface area contributed by atoms with Gasteiger partial charge in [-0.15, -0.1) is 0 Å². The minimum absolute atomic E-state index is 0.118. The summed E-state index contributed by atoms with van der Waals surface area (Å²) in [5, 5.41) is 7.86. The van der Waals surface area contributed by atoms with Gasteiger partial charge in [0, 0.05) is 11.6 Å². The van der Waals surface area contributed by atoms with Gasteiger partial charge >= 0.3 is 0 Å². The molecule has 2 heterocycles. The third-order valence-electron chi connectivity index (χ3n) is 5.49. The van der Waals surface area contributed by atoms with Crippen molar-refractivity contribution in [1.29, 1.82) is 0 Å². The molecule has 0 aliphatic heterocycles. The van der Waals surface area contributed by atoms with Crippen molar-refractivity contribution >= 4 is 17.0 Å². The molecule has 1 amide bonds. The molecule has 2 atom stereocenters. The summed E-state index contributed by atoms with van der Waals surface area (Å²) in [5.74, 6) is 0.221. The van der Waals surface area contributed by atoms with E-state index in [0.717, 1.165) is 24.8 Å². The predicted octanol–water partition coefficient (Wildman–Crippen LogP) is 3.36. The van der Waals surface area contributed by atoms with Crippen LogP contribution in [0.25, 0.3) is 22.4 Å². The number of nitrogens with two attached hydrogens (primary N) is 1. The van der Waals surface area contributed by atoms with Gasteiger partial charge in [-0.05, 0) is 45.2 Å². The molecule has 3 N–H and O–H groups in total. The van der Waals surface area contributed by atoms with Gasteiger partial charge in [-0.2, -0.15) is 0 Å². The highest BCUT2D eigenvalue weighted by atomic mass is 16.5. The van der Waals surface area contributed by atoms with Crippen LogP contribution in [0.3, 0.4) is 0 Å². The molecule has 140 valence electrons. The summed E-state index contributed by atoms with van der Waals surface area (Å²) in [6.07, 6.45) is 3.13. The monoisotopic (exact) mass is 364 g/mol. The molecule has 4 rings (SSSR count). The van der Waals surface area contributed by atoms with Gasteiger partial charge in [0.2, 0.25) is 0 Å². The first-order valence-corrected chi connectivity index (χ1v) is 9.42. The predicted molar refractivity (Wildman–Crippen MR) is 104 cm³/mol. The van der Waals surface area contributed by atoms with Gasteiger partial charge in [-0.25, -0.2) is 4.98 Å². The van der Waals surface area contributed by atoms with Gasteiger partial charge in [0.1, 0.15) is 0 Å². The van der Waals surface area contributed by atoms with Crippen LogP contribution >= 0.6 is 0 Å². The second-order valence-electron chi connectivity index (χ2n) is 7.38. The average Bonchev–Trinajstić information content (AvgIpc) is 3.28. The maximum absolute atomic E-state index is 13.1. The van der Waals surface area contributed by atoms with Crippen LogP contribution in [0.5, 0.6) is 0 Å². The Kier molecular flexibility index (Phi) is 4.66. The smallest absolute Gasteiger partial charge is 0.259 e. The Balaban J connectivity index is 1.75. The van der Waals surface area contributed by atoms with E-state index in [1.165, 1.54) is 5.56 Å². The Morgan fingerprint density at radius 3 is 2.78 bits per heavy atom. The molecule has 1 fully saturated rings. The molecule has 1 aromatic carbocycles. The van der Waals surface area contributed by atoms with Crippen molar-refractivity contribution in [2.75, 3.05) is 6.54 Å². The zero-order valence-electron chi connectivity index (χ0n) is 15.7. The number of fused-ring (bicyclic) bond motifs is 1. The molecule has 1 saturated carbocycles. The number of carbonyl (C=O) groups is 1. The lowest BCUT2D eigenvalue weighted by atomic mass is 10.0. The quantitative estimate of drug-likeness (QED) is 0.740. The maximum atomic E-state index is 13.1. The molecule has 1 aliphatic carbocycles. The first kappa shape index (κ1) is 17.7. The fraction of sp³-hybridized carbons (Fsp3) is 0.381. The van der Waals surface area contributed by atoms with Crippen molar-refractivity contribution in [1.82, 2.24) is 15.5 Å². The first-order valence-electron chi connectivity index (χ1n) is 9.42. The number of amides is 1. The van der Waals surface area contributed by atoms with Crippen molar-refractivity contribution in [3.8, 4) is 11.3 Å². The fourth-order valence-corrected chi connectivity index (χ4v) is 3.90. The number of hydrogen-bond acceptors (Lipinski definition) is 5. The standard InChI is InChI=1S/C21H24N4O2/c1-12-6-8-14(9-7-12)18-10-16(19-13(2)25-27-21(19)24-18)20(26)23-17-5-3-4-15(17)11-22/h6-10,15,17H,3-5,11,22H2,1-2H3,(H,23,26). The lowest BCUT2D eigenvalue weighted by molar-refractivity contribution is 0.0930. The Labute approximate surface area is 158 Å². The fourth-order valence-electron chi connectivity index (χ4n) is 3.90. The van der Waals surface area contributed by atoms with E-state index >= 15 is 0 Å². The van der Waals surface area contributed by atoms with Crippen molar-refractivity contribution in [3.05, 3.63) is 47.2 Å². The molecule has 3 aromatic rings. The zero-order chi connectivity index (χ0) is 19.0. The number of pyridine rings is 1. The number of aromatic nitrogens is 2. The Morgan fingerprint density at radius 2 is 2.04 bits per heavy atom. The maximum Gasteiger partial charge on any atom is 0.259 e. The van der Waals surface area contributed by atoms with Crippen LogP contribution in [0.1, 0.15) is 40.9 Å². The number of benzene rings is 1. The molecule has 1 aliphatic rings. The van der Waals surface area contributed by atoms with Gasteiger partial charge < -0.3 is 15.6 Å². The Hall–Kier alpha value is -2.73. The third kappa shape index (κ3) is 3.32. The van der Waals surface area contributed by atoms with E-state index in [9.17, 15) is 4.79 Å². The first-order chi connectivity index (χ1) is 13.1. The van der Waals surface area contributed by atoms with E-state index in [-0.39, 0.29) is 11.9 Å². The SMILES string of the molecule is Cc1ccc(-c2cc(C(=O)NC3CCCC3CN)c3c(C)noc3n2)cc1. The molecule has 2 unspecified atom stereocenters.